The number of anilines is 1. The summed E-state index contributed by atoms with van der Waals surface area (Å²) in [5.74, 6) is -1.23. The SMILES string of the molecule is Cc1cc(Br)cc(C)c1N1C(=NC(=O)CCCC(=O)O)S[C@@H]2CS(=O)(=O)C[C@@H]21. The number of carboxylic acids is 1. The van der Waals surface area contributed by atoms with Crippen molar-refractivity contribution in [2.45, 2.75) is 44.4 Å². The molecule has 0 aliphatic carbocycles. The number of carboxylic acid groups (broad SMARTS) is 1. The summed E-state index contributed by atoms with van der Waals surface area (Å²) in [6.45, 7) is 3.89. The second-order valence-corrected chi connectivity index (χ2v) is 11.4. The van der Waals surface area contributed by atoms with E-state index in [1.54, 1.807) is 0 Å². The second-order valence-electron chi connectivity index (χ2n) is 7.09. The molecule has 1 amide bonds. The van der Waals surface area contributed by atoms with Crippen LogP contribution < -0.4 is 4.90 Å². The van der Waals surface area contributed by atoms with Gasteiger partial charge in [0.05, 0.1) is 17.5 Å². The minimum Gasteiger partial charge on any atom is -0.481 e. The predicted octanol–water partition coefficient (Wildman–Crippen LogP) is 2.92. The number of fused-ring (bicyclic) bond motifs is 1. The van der Waals surface area contributed by atoms with Crippen molar-refractivity contribution in [1.82, 2.24) is 0 Å². The highest BCUT2D eigenvalue weighted by molar-refractivity contribution is 9.10. The summed E-state index contributed by atoms with van der Waals surface area (Å²) in [5.41, 5.74) is 2.80. The first-order chi connectivity index (χ1) is 13.1. The van der Waals surface area contributed by atoms with E-state index in [1.165, 1.54) is 11.8 Å². The second kappa shape index (κ2) is 8.16. The Labute approximate surface area is 176 Å². The number of thioether (sulfide) groups is 1. The number of halogens is 1. The number of hydrogen-bond donors (Lipinski definition) is 1. The Hall–Kier alpha value is -1.39. The number of sulfone groups is 1. The number of benzene rings is 1. The van der Waals surface area contributed by atoms with Crippen LogP contribution in [-0.4, -0.2) is 53.4 Å². The number of aliphatic imine (C=N–C) groups is 1. The number of carbonyl (C=O) groups is 2. The summed E-state index contributed by atoms with van der Waals surface area (Å²) >= 11 is 4.80. The zero-order valence-electron chi connectivity index (χ0n) is 15.5. The van der Waals surface area contributed by atoms with Gasteiger partial charge in [0.1, 0.15) is 0 Å². The lowest BCUT2D eigenvalue weighted by atomic mass is 10.1. The smallest absolute Gasteiger partial charge is 0.303 e. The maximum absolute atomic E-state index is 12.3. The molecule has 1 N–H and O–H groups in total. The quantitative estimate of drug-likeness (QED) is 0.678. The average Bonchev–Trinajstić information content (AvgIpc) is 2.98. The number of nitrogens with zero attached hydrogens (tertiary/aromatic N) is 2. The molecule has 10 heteroatoms. The molecule has 0 radical (unpaired) electrons. The van der Waals surface area contributed by atoms with Crippen LogP contribution in [0.3, 0.4) is 0 Å². The molecule has 7 nitrogen and oxygen atoms in total. The van der Waals surface area contributed by atoms with Crippen molar-refractivity contribution in [3.8, 4) is 0 Å². The van der Waals surface area contributed by atoms with Gasteiger partial charge in [-0.2, -0.15) is 4.99 Å². The third-order valence-corrected chi connectivity index (χ3v) is 8.43. The largest absolute Gasteiger partial charge is 0.481 e. The molecule has 3 rings (SSSR count). The Balaban J connectivity index is 1.95. The molecule has 2 saturated heterocycles. The van der Waals surface area contributed by atoms with E-state index >= 15 is 0 Å². The van der Waals surface area contributed by atoms with E-state index in [9.17, 15) is 18.0 Å². The monoisotopic (exact) mass is 488 g/mol. The van der Waals surface area contributed by atoms with Gasteiger partial charge in [-0.05, 0) is 43.5 Å². The highest BCUT2D eigenvalue weighted by Gasteiger charge is 2.50. The fourth-order valence-corrected chi connectivity index (χ4v) is 8.27. The Bertz CT molecular complexity index is 938. The zero-order chi connectivity index (χ0) is 20.6. The molecule has 0 spiro atoms. The number of carbonyl (C=O) groups excluding carboxylic acids is 1. The van der Waals surface area contributed by atoms with E-state index in [0.29, 0.717) is 5.17 Å². The van der Waals surface area contributed by atoms with E-state index in [1.807, 2.05) is 30.9 Å². The Kier molecular flexibility index (Phi) is 6.21. The van der Waals surface area contributed by atoms with Crippen LogP contribution in [-0.2, 0) is 19.4 Å². The molecule has 2 atom stereocenters. The summed E-state index contributed by atoms with van der Waals surface area (Å²) in [5, 5.41) is 9.05. The molecule has 152 valence electrons. The van der Waals surface area contributed by atoms with Gasteiger partial charge in [0.15, 0.2) is 15.0 Å². The number of rotatable bonds is 5. The van der Waals surface area contributed by atoms with Crippen LogP contribution >= 0.6 is 27.7 Å². The molecule has 1 aromatic rings. The minimum atomic E-state index is -3.13. The summed E-state index contributed by atoms with van der Waals surface area (Å²) in [6.07, 6.45) is 0.200. The van der Waals surface area contributed by atoms with Crippen molar-refractivity contribution >= 4 is 60.3 Å². The van der Waals surface area contributed by atoms with Gasteiger partial charge in [0.25, 0.3) is 0 Å². The number of aryl methyl sites for hydroxylation is 2. The molecule has 2 aliphatic rings. The lowest BCUT2D eigenvalue weighted by Gasteiger charge is -2.28. The van der Waals surface area contributed by atoms with Crippen LogP contribution in [0.5, 0.6) is 0 Å². The average molecular weight is 489 g/mol. The van der Waals surface area contributed by atoms with Crippen molar-refractivity contribution in [2.75, 3.05) is 16.4 Å². The fourth-order valence-electron chi connectivity index (χ4n) is 3.66. The van der Waals surface area contributed by atoms with Crippen molar-refractivity contribution in [3.05, 3.63) is 27.7 Å². The van der Waals surface area contributed by atoms with Gasteiger partial charge >= 0.3 is 5.97 Å². The van der Waals surface area contributed by atoms with Gasteiger partial charge < -0.3 is 10.0 Å². The number of amides is 1. The van der Waals surface area contributed by atoms with Gasteiger partial charge in [-0.25, -0.2) is 8.42 Å². The first-order valence-electron chi connectivity index (χ1n) is 8.84. The topological polar surface area (TPSA) is 104 Å². The minimum absolute atomic E-state index is 0.0336. The zero-order valence-corrected chi connectivity index (χ0v) is 18.7. The van der Waals surface area contributed by atoms with Gasteiger partial charge in [-0.3, -0.25) is 9.59 Å². The van der Waals surface area contributed by atoms with Crippen molar-refractivity contribution < 1.29 is 23.1 Å². The molecule has 28 heavy (non-hydrogen) atoms. The first-order valence-corrected chi connectivity index (χ1v) is 12.3. The summed E-state index contributed by atoms with van der Waals surface area (Å²) in [7, 11) is -3.13. The normalized spacial score (nSPS) is 24.5. The highest BCUT2D eigenvalue weighted by atomic mass is 79.9. The van der Waals surface area contributed by atoms with Gasteiger partial charge in [0.2, 0.25) is 5.91 Å². The van der Waals surface area contributed by atoms with Crippen LogP contribution in [0.15, 0.2) is 21.6 Å². The fraction of sp³-hybridized carbons (Fsp3) is 0.500. The van der Waals surface area contributed by atoms with Gasteiger partial charge in [-0.1, -0.05) is 27.7 Å². The molecule has 0 unspecified atom stereocenters. The maximum Gasteiger partial charge on any atom is 0.303 e. The Morgan fingerprint density at radius 3 is 2.50 bits per heavy atom. The van der Waals surface area contributed by atoms with E-state index in [2.05, 4.69) is 20.9 Å². The predicted molar refractivity (Wildman–Crippen MR) is 114 cm³/mol. The standard InChI is InChI=1S/C18H21BrN2O5S2/c1-10-6-12(19)7-11(2)17(10)21-13-8-28(25,26)9-14(13)27-18(21)20-15(22)4-3-5-16(23)24/h6-7,13-14H,3-5,8-9H2,1-2H3,(H,23,24)/t13-,14+/m0/s1. The van der Waals surface area contributed by atoms with Crippen LogP contribution in [0.25, 0.3) is 0 Å². The van der Waals surface area contributed by atoms with E-state index in [4.69, 9.17) is 5.11 Å². The highest BCUT2D eigenvalue weighted by Crippen LogP contribution is 2.43. The molecule has 0 saturated carbocycles. The van der Waals surface area contributed by atoms with Crippen LogP contribution in [0, 0.1) is 13.8 Å². The summed E-state index contributed by atoms with van der Waals surface area (Å²) in [6, 6.07) is 3.64. The molecular formula is C18H21BrN2O5S2. The van der Waals surface area contributed by atoms with Crippen molar-refractivity contribution in [1.29, 1.82) is 0 Å². The van der Waals surface area contributed by atoms with E-state index < -0.39 is 15.8 Å². The van der Waals surface area contributed by atoms with E-state index in [0.717, 1.165) is 21.3 Å². The molecule has 2 fully saturated rings. The number of hydrogen-bond acceptors (Lipinski definition) is 5. The lowest BCUT2D eigenvalue weighted by Crippen LogP contribution is -2.38. The van der Waals surface area contributed by atoms with Crippen molar-refractivity contribution in [3.63, 3.8) is 0 Å². The van der Waals surface area contributed by atoms with Gasteiger partial charge in [0, 0.05) is 28.3 Å². The number of amidine groups is 1. The van der Waals surface area contributed by atoms with E-state index in [-0.39, 0.29) is 48.0 Å². The Morgan fingerprint density at radius 2 is 1.89 bits per heavy atom. The molecule has 2 aliphatic heterocycles. The molecule has 1 aromatic carbocycles. The molecular weight excluding hydrogens is 468 g/mol. The van der Waals surface area contributed by atoms with Crippen LogP contribution in [0.1, 0.15) is 30.4 Å². The first kappa shape index (κ1) is 21.3. The molecule has 0 bridgehead atoms. The third-order valence-electron chi connectivity index (χ3n) is 4.76. The van der Waals surface area contributed by atoms with Gasteiger partial charge in [-0.15, -0.1) is 0 Å². The van der Waals surface area contributed by atoms with Crippen LogP contribution in [0.4, 0.5) is 5.69 Å². The number of aliphatic carboxylic acids is 1. The van der Waals surface area contributed by atoms with Crippen molar-refractivity contribution in [2.24, 2.45) is 4.99 Å². The lowest BCUT2D eigenvalue weighted by molar-refractivity contribution is -0.137. The molecule has 0 aromatic heterocycles. The summed E-state index contributed by atoms with van der Waals surface area (Å²) in [4.78, 5) is 29.0. The molecule has 2 heterocycles. The Morgan fingerprint density at radius 1 is 1.25 bits per heavy atom. The van der Waals surface area contributed by atoms with Crippen LogP contribution in [0.2, 0.25) is 0 Å². The summed E-state index contributed by atoms with van der Waals surface area (Å²) < 4.78 is 25.3. The third kappa shape index (κ3) is 4.60. The maximum atomic E-state index is 12.3.